The van der Waals surface area contributed by atoms with E-state index in [0.29, 0.717) is 23.4 Å². The molecule has 0 saturated carbocycles. The van der Waals surface area contributed by atoms with Gasteiger partial charge in [-0.3, -0.25) is 9.59 Å². The fourth-order valence-electron chi connectivity index (χ4n) is 3.58. The van der Waals surface area contributed by atoms with Crippen LogP contribution in [0, 0.1) is 0 Å². The van der Waals surface area contributed by atoms with Crippen LogP contribution in [0.25, 0.3) is 22.3 Å². The molecule has 1 atom stereocenters. The van der Waals surface area contributed by atoms with Gasteiger partial charge in [0.2, 0.25) is 0 Å². The first-order valence-corrected chi connectivity index (χ1v) is 10.0. The number of rotatable bonds is 5. The van der Waals surface area contributed by atoms with Crippen molar-refractivity contribution in [2.45, 2.75) is 26.4 Å². The van der Waals surface area contributed by atoms with Crippen molar-refractivity contribution in [3.8, 4) is 11.3 Å². The van der Waals surface area contributed by atoms with Crippen LogP contribution in [0.1, 0.15) is 35.8 Å². The van der Waals surface area contributed by atoms with Crippen LogP contribution >= 0.6 is 0 Å². The number of hydrogen-bond donors (Lipinski definition) is 1. The van der Waals surface area contributed by atoms with E-state index in [2.05, 4.69) is 10.3 Å². The standard InChI is InChI=1S/C25H23N3O2/c1-3-28-22-12-8-7-11-21(22)27-23(25(28)30)19-13-15-20(16-14-19)24(29)26-17(2)18-9-5-4-6-10-18/h4-17H,3H2,1-2H3,(H,26,29). The number of benzene rings is 3. The molecule has 1 aromatic heterocycles. The summed E-state index contributed by atoms with van der Waals surface area (Å²) < 4.78 is 1.72. The molecular weight excluding hydrogens is 374 g/mol. The maximum Gasteiger partial charge on any atom is 0.277 e. The second-order valence-corrected chi connectivity index (χ2v) is 7.18. The number of hydrogen-bond acceptors (Lipinski definition) is 3. The van der Waals surface area contributed by atoms with Gasteiger partial charge in [0.05, 0.1) is 17.1 Å². The Balaban J connectivity index is 1.62. The third-order valence-electron chi connectivity index (χ3n) is 5.24. The molecule has 1 unspecified atom stereocenters. The molecule has 3 aromatic carbocycles. The highest BCUT2D eigenvalue weighted by Crippen LogP contribution is 2.19. The van der Waals surface area contributed by atoms with Crippen molar-refractivity contribution in [3.63, 3.8) is 0 Å². The van der Waals surface area contributed by atoms with Crippen LogP contribution in [0.3, 0.4) is 0 Å². The summed E-state index contributed by atoms with van der Waals surface area (Å²) >= 11 is 0. The monoisotopic (exact) mass is 397 g/mol. The lowest BCUT2D eigenvalue weighted by molar-refractivity contribution is 0.0940. The van der Waals surface area contributed by atoms with Gasteiger partial charge in [0.25, 0.3) is 11.5 Å². The van der Waals surface area contributed by atoms with Crippen LogP contribution in [-0.4, -0.2) is 15.5 Å². The Kier molecular flexibility index (Phi) is 5.44. The first-order chi connectivity index (χ1) is 14.6. The van der Waals surface area contributed by atoms with E-state index in [4.69, 9.17) is 0 Å². The molecule has 0 radical (unpaired) electrons. The maximum absolute atomic E-state index is 13.0. The van der Waals surface area contributed by atoms with Crippen molar-refractivity contribution in [2.24, 2.45) is 0 Å². The van der Waals surface area contributed by atoms with Crippen LogP contribution in [0.5, 0.6) is 0 Å². The molecule has 0 aliphatic heterocycles. The van der Waals surface area contributed by atoms with Gasteiger partial charge in [-0.1, -0.05) is 54.6 Å². The zero-order valence-electron chi connectivity index (χ0n) is 17.0. The van der Waals surface area contributed by atoms with E-state index in [0.717, 1.165) is 16.6 Å². The highest BCUT2D eigenvalue weighted by molar-refractivity contribution is 5.95. The number of carbonyl (C=O) groups excluding carboxylic acids is 1. The Morgan fingerprint density at radius 2 is 1.63 bits per heavy atom. The number of nitrogens with one attached hydrogen (secondary N) is 1. The third kappa shape index (κ3) is 3.74. The van der Waals surface area contributed by atoms with Gasteiger partial charge in [-0.25, -0.2) is 4.98 Å². The molecule has 5 nitrogen and oxygen atoms in total. The molecule has 0 aliphatic carbocycles. The Hall–Kier alpha value is -3.73. The van der Waals surface area contributed by atoms with E-state index < -0.39 is 0 Å². The molecule has 0 bridgehead atoms. The molecule has 5 heteroatoms. The highest BCUT2D eigenvalue weighted by atomic mass is 16.1. The third-order valence-corrected chi connectivity index (χ3v) is 5.24. The zero-order valence-corrected chi connectivity index (χ0v) is 17.0. The van der Waals surface area contributed by atoms with Crippen molar-refractivity contribution in [3.05, 3.63) is 100 Å². The number of aryl methyl sites for hydroxylation is 1. The number of carbonyl (C=O) groups is 1. The second-order valence-electron chi connectivity index (χ2n) is 7.18. The van der Waals surface area contributed by atoms with Crippen LogP contribution in [0.4, 0.5) is 0 Å². The number of fused-ring (bicyclic) bond motifs is 1. The summed E-state index contributed by atoms with van der Waals surface area (Å²) in [6.45, 7) is 4.46. The molecule has 0 aliphatic rings. The van der Waals surface area contributed by atoms with E-state index in [1.807, 2.05) is 68.4 Å². The Bertz CT molecular complexity index is 1250. The highest BCUT2D eigenvalue weighted by Gasteiger charge is 2.14. The number of nitrogens with zero attached hydrogens (tertiary/aromatic N) is 2. The van der Waals surface area contributed by atoms with E-state index >= 15 is 0 Å². The Labute approximate surface area is 175 Å². The minimum Gasteiger partial charge on any atom is -0.346 e. The topological polar surface area (TPSA) is 64.0 Å². The van der Waals surface area contributed by atoms with Gasteiger partial charge < -0.3 is 9.88 Å². The van der Waals surface area contributed by atoms with Crippen LogP contribution in [-0.2, 0) is 6.54 Å². The zero-order chi connectivity index (χ0) is 21.1. The largest absolute Gasteiger partial charge is 0.346 e. The Morgan fingerprint density at radius 1 is 0.967 bits per heavy atom. The SMILES string of the molecule is CCn1c(=O)c(-c2ccc(C(=O)NC(C)c3ccccc3)cc2)nc2ccccc21. The average molecular weight is 397 g/mol. The summed E-state index contributed by atoms with van der Waals surface area (Å²) in [7, 11) is 0. The molecule has 1 amide bonds. The fourth-order valence-corrected chi connectivity index (χ4v) is 3.58. The number of aromatic nitrogens is 2. The molecule has 30 heavy (non-hydrogen) atoms. The summed E-state index contributed by atoms with van der Waals surface area (Å²) in [4.78, 5) is 30.2. The molecule has 0 fully saturated rings. The van der Waals surface area contributed by atoms with Crippen molar-refractivity contribution in [1.29, 1.82) is 0 Å². The van der Waals surface area contributed by atoms with Gasteiger partial charge in [-0.05, 0) is 43.7 Å². The van der Waals surface area contributed by atoms with Crippen LogP contribution < -0.4 is 10.9 Å². The predicted octanol–water partition coefficient (Wildman–Crippen LogP) is 4.57. The average Bonchev–Trinajstić information content (AvgIpc) is 2.79. The van der Waals surface area contributed by atoms with Gasteiger partial charge in [-0.2, -0.15) is 0 Å². The van der Waals surface area contributed by atoms with E-state index in [1.54, 1.807) is 28.8 Å². The van der Waals surface area contributed by atoms with Gasteiger partial charge >= 0.3 is 0 Å². The van der Waals surface area contributed by atoms with Crippen molar-refractivity contribution >= 4 is 16.9 Å². The molecule has 4 aromatic rings. The second kappa shape index (κ2) is 8.33. The van der Waals surface area contributed by atoms with E-state index in [9.17, 15) is 9.59 Å². The Morgan fingerprint density at radius 3 is 2.33 bits per heavy atom. The normalized spacial score (nSPS) is 11.9. The van der Waals surface area contributed by atoms with Crippen molar-refractivity contribution in [2.75, 3.05) is 0 Å². The first-order valence-electron chi connectivity index (χ1n) is 10.0. The van der Waals surface area contributed by atoms with Crippen molar-refractivity contribution < 1.29 is 4.79 Å². The van der Waals surface area contributed by atoms with Gasteiger partial charge in [0.15, 0.2) is 0 Å². The molecule has 0 saturated heterocycles. The first kappa shape index (κ1) is 19.6. The van der Waals surface area contributed by atoms with Gasteiger partial charge in [0, 0.05) is 17.7 Å². The number of amides is 1. The fraction of sp³-hybridized carbons (Fsp3) is 0.160. The summed E-state index contributed by atoms with van der Waals surface area (Å²) in [5.41, 5.74) is 4.13. The molecule has 1 heterocycles. The van der Waals surface area contributed by atoms with Crippen LogP contribution in [0.15, 0.2) is 83.7 Å². The smallest absolute Gasteiger partial charge is 0.277 e. The summed E-state index contributed by atoms with van der Waals surface area (Å²) in [6, 6.07) is 24.3. The van der Waals surface area contributed by atoms with Crippen molar-refractivity contribution in [1.82, 2.24) is 14.9 Å². The lowest BCUT2D eigenvalue weighted by atomic mass is 10.1. The molecule has 150 valence electrons. The summed E-state index contributed by atoms with van der Waals surface area (Å²) in [5.74, 6) is -0.157. The lowest BCUT2D eigenvalue weighted by Crippen LogP contribution is -2.26. The minimum atomic E-state index is -0.157. The van der Waals surface area contributed by atoms with E-state index in [-0.39, 0.29) is 17.5 Å². The van der Waals surface area contributed by atoms with E-state index in [1.165, 1.54) is 0 Å². The molecule has 0 spiro atoms. The minimum absolute atomic E-state index is 0.0997. The molecular formula is C25H23N3O2. The number of para-hydroxylation sites is 2. The molecule has 1 N–H and O–H groups in total. The predicted molar refractivity (Wildman–Crippen MR) is 119 cm³/mol. The quantitative estimate of drug-likeness (QED) is 0.536. The summed E-state index contributed by atoms with van der Waals surface area (Å²) in [6.07, 6.45) is 0. The van der Waals surface area contributed by atoms with Crippen LogP contribution in [0.2, 0.25) is 0 Å². The molecule has 4 rings (SSSR count). The van der Waals surface area contributed by atoms with Gasteiger partial charge in [0.1, 0.15) is 5.69 Å². The maximum atomic E-state index is 13.0. The summed E-state index contributed by atoms with van der Waals surface area (Å²) in [5, 5.41) is 3.01. The van der Waals surface area contributed by atoms with Gasteiger partial charge in [-0.15, -0.1) is 0 Å². The lowest BCUT2D eigenvalue weighted by Gasteiger charge is -2.14.